The fraction of sp³-hybridized carbons (Fsp3) is 0.278. The molecule has 2 aromatic rings. The van der Waals surface area contributed by atoms with Crippen LogP contribution in [-0.4, -0.2) is 39.6 Å². The van der Waals surface area contributed by atoms with E-state index in [1.807, 2.05) is 0 Å². The topological polar surface area (TPSA) is 94.2 Å². The van der Waals surface area contributed by atoms with Crippen molar-refractivity contribution in [2.24, 2.45) is 0 Å². The first kappa shape index (κ1) is 19.0. The van der Waals surface area contributed by atoms with Gasteiger partial charge in [0, 0.05) is 20.5 Å². The van der Waals surface area contributed by atoms with Crippen LogP contribution in [0.25, 0.3) is 0 Å². The summed E-state index contributed by atoms with van der Waals surface area (Å²) in [4.78, 5) is 11.4. The summed E-state index contributed by atoms with van der Waals surface area (Å²) >= 11 is 0. The molecule has 1 aliphatic rings. The molecule has 0 bridgehead atoms. The fourth-order valence-electron chi connectivity index (χ4n) is 2.70. The summed E-state index contributed by atoms with van der Waals surface area (Å²) in [6.07, 6.45) is 0. The van der Waals surface area contributed by atoms with Crippen molar-refractivity contribution in [3.8, 4) is 17.2 Å². The van der Waals surface area contributed by atoms with Crippen molar-refractivity contribution in [3.63, 3.8) is 0 Å². The van der Waals surface area contributed by atoms with Crippen LogP contribution in [0.3, 0.4) is 0 Å². The molecule has 3 rings (SSSR count). The normalized spacial score (nSPS) is 12.9. The maximum atomic E-state index is 12.9. The highest BCUT2D eigenvalue weighted by molar-refractivity contribution is 7.89. The second kappa shape index (κ2) is 7.45. The number of benzene rings is 2. The first-order chi connectivity index (χ1) is 12.8. The number of anilines is 1. The first-order valence-electron chi connectivity index (χ1n) is 8.12. The van der Waals surface area contributed by atoms with E-state index in [4.69, 9.17) is 14.2 Å². The number of amides is 1. The number of nitrogens with one attached hydrogen (secondary N) is 1. The fourth-order valence-corrected chi connectivity index (χ4v) is 3.88. The molecule has 0 aromatic heterocycles. The molecule has 144 valence electrons. The number of hydrogen-bond donors (Lipinski definition) is 1. The summed E-state index contributed by atoms with van der Waals surface area (Å²) < 4.78 is 42.8. The van der Waals surface area contributed by atoms with Gasteiger partial charge in [0.25, 0.3) is 0 Å². The third-order valence-electron chi connectivity index (χ3n) is 4.03. The molecule has 9 heteroatoms. The van der Waals surface area contributed by atoms with Crippen molar-refractivity contribution in [3.05, 3.63) is 42.0 Å². The Balaban J connectivity index is 1.85. The van der Waals surface area contributed by atoms with Crippen molar-refractivity contribution in [2.75, 3.05) is 26.3 Å². The highest BCUT2D eigenvalue weighted by Gasteiger charge is 2.23. The minimum absolute atomic E-state index is 0.0512. The number of fused-ring (bicyclic) bond motifs is 1. The van der Waals surface area contributed by atoms with Crippen LogP contribution >= 0.6 is 0 Å². The summed E-state index contributed by atoms with van der Waals surface area (Å²) in [5.74, 6) is 1.29. The minimum atomic E-state index is -3.78. The van der Waals surface area contributed by atoms with Crippen LogP contribution in [0.1, 0.15) is 12.5 Å². The number of sulfonamides is 1. The standard InChI is InChI=1S/C18H20N2O6S/c1-12(21)19-15-9-14(5-7-16(15)24-3)27(22,23)20(2)10-13-4-6-17-18(8-13)26-11-25-17/h4-9H,10-11H2,1-3H3,(H,19,21). The Kier molecular flexibility index (Phi) is 5.24. The van der Waals surface area contributed by atoms with Gasteiger partial charge in [-0.2, -0.15) is 4.31 Å². The van der Waals surface area contributed by atoms with E-state index >= 15 is 0 Å². The molecular formula is C18H20N2O6S. The molecule has 0 unspecified atom stereocenters. The van der Waals surface area contributed by atoms with E-state index in [1.54, 1.807) is 18.2 Å². The molecule has 0 fully saturated rings. The zero-order valence-electron chi connectivity index (χ0n) is 15.2. The molecule has 0 radical (unpaired) electrons. The predicted molar refractivity (Wildman–Crippen MR) is 98.5 cm³/mol. The molecule has 2 aromatic carbocycles. The summed E-state index contributed by atoms with van der Waals surface area (Å²) in [5, 5.41) is 2.58. The van der Waals surface area contributed by atoms with Gasteiger partial charge in [0.2, 0.25) is 22.7 Å². The minimum Gasteiger partial charge on any atom is -0.495 e. The number of carbonyl (C=O) groups is 1. The highest BCUT2D eigenvalue weighted by atomic mass is 32.2. The van der Waals surface area contributed by atoms with Crippen LogP contribution in [0.15, 0.2) is 41.3 Å². The van der Waals surface area contributed by atoms with Crippen molar-refractivity contribution in [1.82, 2.24) is 4.31 Å². The summed E-state index contributed by atoms with van der Waals surface area (Å²) in [7, 11) is -0.847. The monoisotopic (exact) mass is 392 g/mol. The Bertz CT molecular complexity index is 974. The Morgan fingerprint density at radius 1 is 1.19 bits per heavy atom. The third-order valence-corrected chi connectivity index (χ3v) is 5.83. The van der Waals surface area contributed by atoms with Gasteiger partial charge in [0.1, 0.15) is 5.75 Å². The van der Waals surface area contributed by atoms with E-state index < -0.39 is 10.0 Å². The zero-order valence-corrected chi connectivity index (χ0v) is 16.0. The molecule has 0 saturated carbocycles. The van der Waals surface area contributed by atoms with Gasteiger partial charge in [-0.15, -0.1) is 0 Å². The highest BCUT2D eigenvalue weighted by Crippen LogP contribution is 2.33. The Morgan fingerprint density at radius 2 is 1.93 bits per heavy atom. The van der Waals surface area contributed by atoms with E-state index in [-0.39, 0.29) is 24.1 Å². The molecule has 0 saturated heterocycles. The van der Waals surface area contributed by atoms with Gasteiger partial charge in [-0.1, -0.05) is 6.07 Å². The van der Waals surface area contributed by atoms with Crippen LogP contribution in [0, 0.1) is 0 Å². The van der Waals surface area contributed by atoms with Gasteiger partial charge in [0.15, 0.2) is 11.5 Å². The van der Waals surface area contributed by atoms with E-state index in [1.165, 1.54) is 43.6 Å². The van der Waals surface area contributed by atoms with Crippen molar-refractivity contribution in [2.45, 2.75) is 18.4 Å². The number of hydrogen-bond acceptors (Lipinski definition) is 6. The van der Waals surface area contributed by atoms with Gasteiger partial charge in [0.05, 0.1) is 17.7 Å². The smallest absolute Gasteiger partial charge is 0.243 e. The average molecular weight is 392 g/mol. The lowest BCUT2D eigenvalue weighted by molar-refractivity contribution is -0.114. The predicted octanol–water partition coefficient (Wildman–Crippen LogP) is 2.20. The molecule has 1 amide bonds. The maximum Gasteiger partial charge on any atom is 0.243 e. The second-order valence-electron chi connectivity index (χ2n) is 5.99. The number of methoxy groups -OCH3 is 1. The van der Waals surface area contributed by atoms with Crippen molar-refractivity contribution in [1.29, 1.82) is 0 Å². The Hall–Kier alpha value is -2.78. The second-order valence-corrected chi connectivity index (χ2v) is 8.04. The van der Waals surface area contributed by atoms with Gasteiger partial charge < -0.3 is 19.5 Å². The van der Waals surface area contributed by atoms with Crippen LogP contribution in [0.4, 0.5) is 5.69 Å². The largest absolute Gasteiger partial charge is 0.495 e. The third kappa shape index (κ3) is 3.99. The molecular weight excluding hydrogens is 372 g/mol. The number of rotatable bonds is 6. The van der Waals surface area contributed by atoms with Gasteiger partial charge in [-0.05, 0) is 35.9 Å². The molecule has 0 aliphatic carbocycles. The molecule has 0 spiro atoms. The average Bonchev–Trinajstić information content (AvgIpc) is 3.08. The lowest BCUT2D eigenvalue weighted by atomic mass is 10.2. The zero-order chi connectivity index (χ0) is 19.6. The Morgan fingerprint density at radius 3 is 2.63 bits per heavy atom. The molecule has 8 nitrogen and oxygen atoms in total. The Labute approximate surface area is 157 Å². The summed E-state index contributed by atoms with van der Waals surface area (Å²) in [5.41, 5.74) is 1.06. The maximum absolute atomic E-state index is 12.9. The SMILES string of the molecule is COc1ccc(S(=O)(=O)N(C)Cc2ccc3c(c2)OCO3)cc1NC(C)=O. The van der Waals surface area contributed by atoms with E-state index in [0.717, 1.165) is 5.56 Å². The number of ether oxygens (including phenoxy) is 3. The number of nitrogens with zero attached hydrogens (tertiary/aromatic N) is 1. The lowest BCUT2D eigenvalue weighted by Crippen LogP contribution is -2.26. The van der Waals surface area contributed by atoms with E-state index in [2.05, 4.69) is 5.32 Å². The van der Waals surface area contributed by atoms with E-state index in [0.29, 0.717) is 22.9 Å². The van der Waals surface area contributed by atoms with Gasteiger partial charge in [-0.3, -0.25) is 4.79 Å². The molecule has 27 heavy (non-hydrogen) atoms. The first-order valence-corrected chi connectivity index (χ1v) is 9.56. The van der Waals surface area contributed by atoms with Crippen molar-refractivity contribution >= 4 is 21.6 Å². The quantitative estimate of drug-likeness (QED) is 0.810. The molecule has 1 aliphatic heterocycles. The van der Waals surface area contributed by atoms with Crippen LogP contribution in [0.2, 0.25) is 0 Å². The molecule has 1 N–H and O–H groups in total. The van der Waals surface area contributed by atoms with E-state index in [9.17, 15) is 13.2 Å². The summed E-state index contributed by atoms with van der Waals surface area (Å²) in [6.45, 7) is 1.65. The van der Waals surface area contributed by atoms with Crippen LogP contribution in [0.5, 0.6) is 17.2 Å². The van der Waals surface area contributed by atoms with Gasteiger partial charge >= 0.3 is 0 Å². The van der Waals surface area contributed by atoms with Crippen molar-refractivity contribution < 1.29 is 27.4 Å². The van der Waals surface area contributed by atoms with Crippen LogP contribution in [-0.2, 0) is 21.4 Å². The van der Waals surface area contributed by atoms with Gasteiger partial charge in [-0.25, -0.2) is 8.42 Å². The summed E-state index contributed by atoms with van der Waals surface area (Å²) in [6, 6.07) is 9.62. The van der Waals surface area contributed by atoms with Crippen LogP contribution < -0.4 is 19.5 Å². The number of carbonyl (C=O) groups excluding carboxylic acids is 1. The lowest BCUT2D eigenvalue weighted by Gasteiger charge is -2.19. The molecule has 0 atom stereocenters. The molecule has 1 heterocycles.